The summed E-state index contributed by atoms with van der Waals surface area (Å²) in [4.78, 5) is 0. The van der Waals surface area contributed by atoms with Crippen LogP contribution in [0.2, 0.25) is 0 Å². The van der Waals surface area contributed by atoms with Gasteiger partial charge in [-0.25, -0.2) is 0 Å². The molecular weight excluding hydrogens is 262 g/mol. The first-order chi connectivity index (χ1) is 10.3. The van der Waals surface area contributed by atoms with E-state index in [1.165, 1.54) is 32.1 Å². The molecule has 21 heavy (non-hydrogen) atoms. The molecule has 2 aromatic heterocycles. The largest absolute Gasteiger partial charge is 0.311 e. The maximum absolute atomic E-state index is 4.74. The van der Waals surface area contributed by atoms with E-state index in [-0.39, 0.29) is 0 Å². The van der Waals surface area contributed by atoms with E-state index in [2.05, 4.69) is 40.4 Å². The molecule has 0 aliphatic heterocycles. The van der Waals surface area contributed by atoms with Crippen molar-refractivity contribution in [2.24, 2.45) is 0 Å². The van der Waals surface area contributed by atoms with Crippen LogP contribution in [0.15, 0.2) is 24.5 Å². The minimum absolute atomic E-state index is 0.606. The van der Waals surface area contributed by atoms with Crippen LogP contribution in [0.3, 0.4) is 0 Å². The fraction of sp³-hybridized carbons (Fsp3) is 0.625. The second-order valence-corrected chi connectivity index (χ2v) is 5.86. The molecule has 0 bridgehead atoms. The van der Waals surface area contributed by atoms with Crippen molar-refractivity contribution in [3.8, 4) is 0 Å². The third-order valence-corrected chi connectivity index (χ3v) is 4.19. The van der Waals surface area contributed by atoms with E-state index >= 15 is 0 Å². The van der Waals surface area contributed by atoms with E-state index < -0.39 is 0 Å². The average Bonchev–Trinajstić information content (AvgIpc) is 3.16. The number of nitrogens with one attached hydrogen (secondary N) is 1. The maximum Gasteiger partial charge on any atom is 0.0849 e. The lowest BCUT2D eigenvalue weighted by Gasteiger charge is -2.21. The lowest BCUT2D eigenvalue weighted by atomic mass is 9.96. The Morgan fingerprint density at radius 1 is 1.10 bits per heavy atom. The van der Waals surface area contributed by atoms with Crippen LogP contribution < -0.4 is 5.32 Å². The SMILES string of the molecule is CCNCc1ccn(Cc2ccn(C3CCCCC3)n2)n1. The van der Waals surface area contributed by atoms with Crippen molar-refractivity contribution in [2.75, 3.05) is 6.54 Å². The van der Waals surface area contributed by atoms with Crippen molar-refractivity contribution in [1.29, 1.82) is 0 Å². The fourth-order valence-electron chi connectivity index (χ4n) is 3.02. The molecule has 0 saturated heterocycles. The van der Waals surface area contributed by atoms with Crippen LogP contribution in [-0.4, -0.2) is 26.1 Å². The Labute approximate surface area is 126 Å². The number of rotatable bonds is 6. The van der Waals surface area contributed by atoms with Gasteiger partial charge >= 0.3 is 0 Å². The molecule has 2 heterocycles. The van der Waals surface area contributed by atoms with Crippen molar-refractivity contribution in [3.63, 3.8) is 0 Å². The average molecular weight is 287 g/mol. The lowest BCUT2D eigenvalue weighted by Crippen LogP contribution is -2.14. The zero-order chi connectivity index (χ0) is 14.5. The van der Waals surface area contributed by atoms with Crippen molar-refractivity contribution >= 4 is 0 Å². The molecule has 5 nitrogen and oxygen atoms in total. The van der Waals surface area contributed by atoms with Crippen LogP contribution in [0.25, 0.3) is 0 Å². The topological polar surface area (TPSA) is 47.7 Å². The zero-order valence-corrected chi connectivity index (χ0v) is 12.8. The predicted molar refractivity (Wildman–Crippen MR) is 83.1 cm³/mol. The van der Waals surface area contributed by atoms with Gasteiger partial charge in [0.25, 0.3) is 0 Å². The molecular formula is C16H25N5. The molecule has 1 aliphatic carbocycles. The molecule has 5 heteroatoms. The smallest absolute Gasteiger partial charge is 0.0849 e. The molecule has 0 unspecified atom stereocenters. The van der Waals surface area contributed by atoms with Crippen molar-refractivity contribution in [1.82, 2.24) is 24.9 Å². The van der Waals surface area contributed by atoms with Gasteiger partial charge in [0.2, 0.25) is 0 Å². The molecule has 0 radical (unpaired) electrons. The van der Waals surface area contributed by atoms with Crippen molar-refractivity contribution in [3.05, 3.63) is 35.9 Å². The third-order valence-electron chi connectivity index (χ3n) is 4.19. The van der Waals surface area contributed by atoms with Gasteiger partial charge in [-0.05, 0) is 31.5 Å². The van der Waals surface area contributed by atoms with E-state index in [0.29, 0.717) is 6.04 Å². The summed E-state index contributed by atoms with van der Waals surface area (Å²) in [6.07, 6.45) is 10.8. The van der Waals surface area contributed by atoms with Gasteiger partial charge < -0.3 is 5.32 Å². The zero-order valence-electron chi connectivity index (χ0n) is 12.8. The summed E-state index contributed by atoms with van der Waals surface area (Å²) in [7, 11) is 0. The highest BCUT2D eigenvalue weighted by atomic mass is 15.3. The Hall–Kier alpha value is -1.62. The van der Waals surface area contributed by atoms with Gasteiger partial charge in [0.1, 0.15) is 0 Å². The van der Waals surface area contributed by atoms with Gasteiger partial charge in [0, 0.05) is 18.9 Å². The molecule has 1 aliphatic rings. The van der Waals surface area contributed by atoms with Gasteiger partial charge in [-0.3, -0.25) is 9.36 Å². The third kappa shape index (κ3) is 3.73. The molecule has 0 atom stereocenters. The second kappa shape index (κ2) is 6.89. The van der Waals surface area contributed by atoms with E-state index in [0.717, 1.165) is 31.0 Å². The summed E-state index contributed by atoms with van der Waals surface area (Å²) in [6.45, 7) is 4.67. The Bertz CT molecular complexity index is 551. The van der Waals surface area contributed by atoms with Gasteiger partial charge in [-0.15, -0.1) is 0 Å². The van der Waals surface area contributed by atoms with Crippen LogP contribution >= 0.6 is 0 Å². The summed E-state index contributed by atoms with van der Waals surface area (Å²) in [5.74, 6) is 0. The molecule has 0 amide bonds. The summed E-state index contributed by atoms with van der Waals surface area (Å²) in [5.41, 5.74) is 2.18. The summed E-state index contributed by atoms with van der Waals surface area (Å²) in [6, 6.07) is 4.80. The van der Waals surface area contributed by atoms with Gasteiger partial charge in [0.15, 0.2) is 0 Å². The minimum Gasteiger partial charge on any atom is -0.311 e. The second-order valence-electron chi connectivity index (χ2n) is 5.86. The first-order valence-corrected chi connectivity index (χ1v) is 8.12. The number of nitrogens with zero attached hydrogens (tertiary/aromatic N) is 4. The number of hydrogen-bond acceptors (Lipinski definition) is 3. The van der Waals surface area contributed by atoms with E-state index in [4.69, 9.17) is 5.10 Å². The van der Waals surface area contributed by atoms with Crippen LogP contribution in [0.4, 0.5) is 0 Å². The quantitative estimate of drug-likeness (QED) is 0.888. The fourth-order valence-corrected chi connectivity index (χ4v) is 3.02. The molecule has 1 N–H and O–H groups in total. The highest BCUT2D eigenvalue weighted by Crippen LogP contribution is 2.27. The molecule has 2 aromatic rings. The van der Waals surface area contributed by atoms with Gasteiger partial charge in [-0.1, -0.05) is 26.2 Å². The standard InChI is InChI=1S/C16H25N5/c1-2-17-12-14-8-10-20(18-14)13-15-9-11-21(19-15)16-6-4-3-5-7-16/h8-11,16-17H,2-7,12-13H2,1H3. The van der Waals surface area contributed by atoms with Crippen LogP contribution in [0, 0.1) is 0 Å². The van der Waals surface area contributed by atoms with E-state index in [9.17, 15) is 0 Å². The molecule has 0 aromatic carbocycles. The number of hydrogen-bond donors (Lipinski definition) is 1. The Balaban J connectivity index is 1.59. The van der Waals surface area contributed by atoms with Gasteiger partial charge in [0.05, 0.1) is 24.0 Å². The Morgan fingerprint density at radius 3 is 2.71 bits per heavy atom. The van der Waals surface area contributed by atoms with Crippen LogP contribution in [-0.2, 0) is 13.1 Å². The molecule has 114 valence electrons. The molecule has 0 spiro atoms. The van der Waals surface area contributed by atoms with E-state index in [1.807, 2.05) is 10.9 Å². The van der Waals surface area contributed by atoms with Crippen LogP contribution in [0.5, 0.6) is 0 Å². The highest BCUT2D eigenvalue weighted by molar-refractivity contribution is 5.04. The van der Waals surface area contributed by atoms with E-state index in [1.54, 1.807) is 0 Å². The first kappa shape index (κ1) is 14.3. The molecule has 1 saturated carbocycles. The number of aromatic nitrogens is 4. The minimum atomic E-state index is 0.606. The Morgan fingerprint density at radius 2 is 1.90 bits per heavy atom. The maximum atomic E-state index is 4.74. The summed E-state index contributed by atoms with van der Waals surface area (Å²) >= 11 is 0. The molecule has 3 rings (SSSR count). The first-order valence-electron chi connectivity index (χ1n) is 8.12. The predicted octanol–water partition coefficient (Wildman–Crippen LogP) is 2.74. The normalized spacial score (nSPS) is 16.4. The van der Waals surface area contributed by atoms with Crippen molar-refractivity contribution in [2.45, 2.75) is 58.2 Å². The Kier molecular flexibility index (Phi) is 4.70. The monoisotopic (exact) mass is 287 g/mol. The van der Waals surface area contributed by atoms with Crippen molar-refractivity contribution < 1.29 is 0 Å². The van der Waals surface area contributed by atoms with Gasteiger partial charge in [-0.2, -0.15) is 10.2 Å². The molecule has 1 fully saturated rings. The lowest BCUT2D eigenvalue weighted by molar-refractivity contribution is 0.327. The highest BCUT2D eigenvalue weighted by Gasteiger charge is 2.16. The van der Waals surface area contributed by atoms with Crippen LogP contribution in [0.1, 0.15) is 56.5 Å². The summed E-state index contributed by atoms with van der Waals surface area (Å²) in [5, 5.41) is 12.6. The summed E-state index contributed by atoms with van der Waals surface area (Å²) < 4.78 is 4.14.